The van der Waals surface area contributed by atoms with Gasteiger partial charge in [0.05, 0.1) is 24.5 Å². The third-order valence-electron chi connectivity index (χ3n) is 3.45. The summed E-state index contributed by atoms with van der Waals surface area (Å²) in [5, 5.41) is 2.97. The third-order valence-corrected chi connectivity index (χ3v) is 3.45. The molecule has 5 nitrogen and oxygen atoms in total. The average Bonchev–Trinajstić information content (AvgIpc) is 2.99. The number of hydrogen-bond donors (Lipinski definition) is 2. The summed E-state index contributed by atoms with van der Waals surface area (Å²) >= 11 is 0. The number of anilines is 2. The number of amides is 1. The van der Waals surface area contributed by atoms with Crippen LogP contribution in [0.2, 0.25) is 0 Å². The highest BCUT2D eigenvalue weighted by molar-refractivity contribution is 5.82. The van der Waals surface area contributed by atoms with E-state index < -0.39 is 5.82 Å². The van der Waals surface area contributed by atoms with Crippen LogP contribution in [0.5, 0.6) is 5.75 Å². The number of rotatable bonds is 6. The molecule has 1 aromatic rings. The van der Waals surface area contributed by atoms with Crippen molar-refractivity contribution >= 4 is 17.3 Å². The number of carbonyl (C=O) groups is 1. The molecule has 3 N–H and O–H groups in total. The Labute approximate surface area is 124 Å². The van der Waals surface area contributed by atoms with Gasteiger partial charge in [0.2, 0.25) is 5.91 Å². The maximum Gasteiger partial charge on any atom is 0.241 e. The lowest BCUT2D eigenvalue weighted by Gasteiger charge is -2.17. The van der Waals surface area contributed by atoms with Crippen molar-refractivity contribution in [3.05, 3.63) is 17.9 Å². The number of likely N-dealkylation sites (tertiary alicyclic amines) is 1. The maximum absolute atomic E-state index is 13.7. The third kappa shape index (κ3) is 4.00. The zero-order chi connectivity index (χ0) is 15.2. The van der Waals surface area contributed by atoms with Gasteiger partial charge in [-0.05, 0) is 19.3 Å². The standard InChI is InChI=1S/C15H22FN3O2/c1-2-7-21-14-9-13(12(17)8-11(14)16)18-10-15(20)19-5-3-4-6-19/h8-9,18H,2-7,10,17H2,1H3. The van der Waals surface area contributed by atoms with Crippen LogP contribution in [0, 0.1) is 5.82 Å². The van der Waals surface area contributed by atoms with Crippen LogP contribution in [0.1, 0.15) is 26.2 Å². The molecule has 1 aromatic carbocycles. The van der Waals surface area contributed by atoms with Crippen LogP contribution in [0.25, 0.3) is 0 Å². The minimum absolute atomic E-state index is 0.0345. The molecule has 6 heteroatoms. The van der Waals surface area contributed by atoms with Crippen LogP contribution < -0.4 is 15.8 Å². The second-order valence-corrected chi connectivity index (χ2v) is 5.16. The van der Waals surface area contributed by atoms with Crippen LogP contribution in [0.3, 0.4) is 0 Å². The Morgan fingerprint density at radius 3 is 2.81 bits per heavy atom. The molecule has 1 aliphatic rings. The topological polar surface area (TPSA) is 67.6 Å². The predicted molar refractivity (Wildman–Crippen MR) is 80.9 cm³/mol. The quantitative estimate of drug-likeness (QED) is 0.790. The maximum atomic E-state index is 13.7. The minimum Gasteiger partial charge on any atom is -0.490 e. The predicted octanol–water partition coefficient (Wildman–Crippen LogP) is 2.23. The molecule has 1 saturated heterocycles. The second-order valence-electron chi connectivity index (χ2n) is 5.16. The van der Waals surface area contributed by atoms with Gasteiger partial charge in [-0.2, -0.15) is 0 Å². The first-order valence-electron chi connectivity index (χ1n) is 7.35. The molecule has 21 heavy (non-hydrogen) atoms. The lowest BCUT2D eigenvalue weighted by molar-refractivity contribution is -0.128. The van der Waals surface area contributed by atoms with Gasteiger partial charge in [-0.1, -0.05) is 6.92 Å². The normalized spacial score (nSPS) is 14.3. The molecule has 0 saturated carbocycles. The van der Waals surface area contributed by atoms with Gasteiger partial charge in [-0.3, -0.25) is 4.79 Å². The Kier molecular flexibility index (Phi) is 5.25. The fraction of sp³-hybridized carbons (Fsp3) is 0.533. The van der Waals surface area contributed by atoms with Gasteiger partial charge in [0, 0.05) is 25.2 Å². The Bertz CT molecular complexity index is 502. The lowest BCUT2D eigenvalue weighted by atomic mass is 10.2. The van der Waals surface area contributed by atoms with Gasteiger partial charge < -0.3 is 20.7 Å². The van der Waals surface area contributed by atoms with E-state index in [9.17, 15) is 9.18 Å². The summed E-state index contributed by atoms with van der Waals surface area (Å²) in [6.45, 7) is 4.16. The number of nitrogens with one attached hydrogen (secondary N) is 1. The van der Waals surface area contributed by atoms with Gasteiger partial charge in [-0.15, -0.1) is 0 Å². The van der Waals surface area contributed by atoms with E-state index in [1.165, 1.54) is 12.1 Å². The van der Waals surface area contributed by atoms with Crippen molar-refractivity contribution < 1.29 is 13.9 Å². The molecule has 0 radical (unpaired) electrons. The highest BCUT2D eigenvalue weighted by Gasteiger charge is 2.18. The van der Waals surface area contributed by atoms with Crippen LogP contribution in [0.15, 0.2) is 12.1 Å². The largest absolute Gasteiger partial charge is 0.490 e. The number of halogens is 1. The number of hydrogen-bond acceptors (Lipinski definition) is 4. The number of nitrogen functional groups attached to an aromatic ring is 1. The molecular formula is C15H22FN3O2. The van der Waals surface area contributed by atoms with Crippen LogP contribution >= 0.6 is 0 Å². The lowest BCUT2D eigenvalue weighted by Crippen LogP contribution is -2.33. The van der Waals surface area contributed by atoms with Crippen molar-refractivity contribution in [2.24, 2.45) is 0 Å². The molecule has 0 aromatic heterocycles. The first kappa shape index (κ1) is 15.4. The first-order valence-corrected chi connectivity index (χ1v) is 7.35. The molecule has 1 fully saturated rings. The van der Waals surface area contributed by atoms with Gasteiger partial charge in [0.15, 0.2) is 11.6 Å². The van der Waals surface area contributed by atoms with E-state index in [1.807, 2.05) is 11.8 Å². The summed E-state index contributed by atoms with van der Waals surface area (Å²) in [5.74, 6) is -0.299. The Morgan fingerprint density at radius 1 is 1.43 bits per heavy atom. The summed E-state index contributed by atoms with van der Waals surface area (Å²) in [6, 6.07) is 2.73. The second kappa shape index (κ2) is 7.15. The molecule has 116 valence electrons. The van der Waals surface area contributed by atoms with Crippen LogP contribution in [0.4, 0.5) is 15.8 Å². The summed E-state index contributed by atoms with van der Waals surface area (Å²) in [6.07, 6.45) is 2.90. The summed E-state index contributed by atoms with van der Waals surface area (Å²) < 4.78 is 19.0. The molecule has 1 aliphatic heterocycles. The van der Waals surface area contributed by atoms with Crippen LogP contribution in [-0.2, 0) is 4.79 Å². The van der Waals surface area contributed by atoms with Crippen molar-refractivity contribution in [2.45, 2.75) is 26.2 Å². The molecule has 0 aliphatic carbocycles. The van der Waals surface area contributed by atoms with Gasteiger partial charge >= 0.3 is 0 Å². The molecule has 0 spiro atoms. The van der Waals surface area contributed by atoms with Crippen molar-refractivity contribution in [3.8, 4) is 5.75 Å². The highest BCUT2D eigenvalue weighted by atomic mass is 19.1. The molecule has 1 amide bonds. The average molecular weight is 295 g/mol. The van der Waals surface area contributed by atoms with E-state index in [1.54, 1.807) is 0 Å². The van der Waals surface area contributed by atoms with Crippen molar-refractivity contribution in [1.29, 1.82) is 0 Å². The van der Waals surface area contributed by atoms with E-state index >= 15 is 0 Å². The number of nitrogens with two attached hydrogens (primary N) is 1. The highest BCUT2D eigenvalue weighted by Crippen LogP contribution is 2.28. The van der Waals surface area contributed by atoms with E-state index in [0.717, 1.165) is 32.4 Å². The summed E-state index contributed by atoms with van der Waals surface area (Å²) in [5.41, 5.74) is 6.57. The zero-order valence-corrected chi connectivity index (χ0v) is 12.3. The fourth-order valence-corrected chi connectivity index (χ4v) is 2.29. The van der Waals surface area contributed by atoms with E-state index in [-0.39, 0.29) is 23.9 Å². The molecular weight excluding hydrogens is 273 g/mol. The number of ether oxygens (including phenoxy) is 1. The van der Waals surface area contributed by atoms with Gasteiger partial charge in [-0.25, -0.2) is 4.39 Å². The molecule has 1 heterocycles. The molecule has 0 bridgehead atoms. The van der Waals surface area contributed by atoms with Crippen molar-refractivity contribution in [1.82, 2.24) is 4.90 Å². The van der Waals surface area contributed by atoms with Gasteiger partial charge in [0.1, 0.15) is 0 Å². The van der Waals surface area contributed by atoms with Crippen molar-refractivity contribution in [3.63, 3.8) is 0 Å². The Hall–Kier alpha value is -1.98. The smallest absolute Gasteiger partial charge is 0.241 e. The zero-order valence-electron chi connectivity index (χ0n) is 12.3. The molecule has 2 rings (SSSR count). The van der Waals surface area contributed by atoms with Gasteiger partial charge in [0.25, 0.3) is 0 Å². The monoisotopic (exact) mass is 295 g/mol. The first-order chi connectivity index (χ1) is 10.1. The number of benzene rings is 1. The van der Waals surface area contributed by atoms with Crippen molar-refractivity contribution in [2.75, 3.05) is 37.3 Å². The summed E-state index contributed by atoms with van der Waals surface area (Å²) in [7, 11) is 0. The van der Waals surface area contributed by atoms with Crippen LogP contribution in [-0.4, -0.2) is 37.0 Å². The molecule has 0 atom stereocenters. The van der Waals surface area contributed by atoms with E-state index in [2.05, 4.69) is 5.32 Å². The van der Waals surface area contributed by atoms with E-state index in [0.29, 0.717) is 12.3 Å². The number of carbonyl (C=O) groups excluding carboxylic acids is 1. The van der Waals surface area contributed by atoms with E-state index in [4.69, 9.17) is 10.5 Å². The minimum atomic E-state index is -0.489. The molecule has 0 unspecified atom stereocenters. The SMILES string of the molecule is CCCOc1cc(NCC(=O)N2CCCC2)c(N)cc1F. The summed E-state index contributed by atoms with van der Waals surface area (Å²) in [4.78, 5) is 13.8. The number of nitrogens with zero attached hydrogens (tertiary/aromatic N) is 1. The Balaban J connectivity index is 1.99. The Morgan fingerprint density at radius 2 is 2.14 bits per heavy atom. The fourth-order valence-electron chi connectivity index (χ4n) is 2.29.